The Morgan fingerprint density at radius 3 is 2.50 bits per heavy atom. The van der Waals surface area contributed by atoms with Crippen LogP contribution in [-0.4, -0.2) is 11.9 Å². The van der Waals surface area contributed by atoms with Gasteiger partial charge in [-0.05, 0) is 20.3 Å². The van der Waals surface area contributed by atoms with Crippen LogP contribution in [0.5, 0.6) is 0 Å². The molecule has 2 nitrogen and oxygen atoms in total. The molecule has 2 N–H and O–H groups in total. The standard InChI is InChI=1S/C10H22N2/c1-4-5-6-7-8-9(2)12-10(3)11/h9H,4-8H2,1-3H3,(H2,11,12). The van der Waals surface area contributed by atoms with E-state index in [0.29, 0.717) is 11.9 Å². The number of rotatable bonds is 6. The molecule has 0 radical (unpaired) electrons. The summed E-state index contributed by atoms with van der Waals surface area (Å²) < 4.78 is 0. The third-order valence-corrected chi connectivity index (χ3v) is 1.90. The minimum atomic E-state index is 0.409. The van der Waals surface area contributed by atoms with Gasteiger partial charge >= 0.3 is 0 Å². The number of nitrogens with zero attached hydrogens (tertiary/aromatic N) is 1. The molecule has 1 unspecified atom stereocenters. The fourth-order valence-electron chi connectivity index (χ4n) is 1.28. The first-order chi connectivity index (χ1) is 5.66. The average Bonchev–Trinajstić information content (AvgIpc) is 1.97. The summed E-state index contributed by atoms with van der Waals surface area (Å²) in [6, 6.07) is 0.409. The molecule has 0 bridgehead atoms. The van der Waals surface area contributed by atoms with Crippen molar-refractivity contribution in [1.82, 2.24) is 0 Å². The zero-order valence-electron chi connectivity index (χ0n) is 8.64. The van der Waals surface area contributed by atoms with Crippen molar-refractivity contribution in [2.24, 2.45) is 10.7 Å². The number of hydrogen-bond acceptors (Lipinski definition) is 1. The average molecular weight is 170 g/mol. The molecule has 0 rings (SSSR count). The van der Waals surface area contributed by atoms with Crippen molar-refractivity contribution in [2.45, 2.75) is 58.9 Å². The molecule has 0 aliphatic rings. The van der Waals surface area contributed by atoms with E-state index in [1.165, 1.54) is 32.1 Å². The lowest BCUT2D eigenvalue weighted by molar-refractivity contribution is 0.576. The molecule has 0 aliphatic carbocycles. The summed E-state index contributed by atoms with van der Waals surface area (Å²) in [5.74, 6) is 0.706. The SMILES string of the molecule is CCCCCCC(C)N=C(C)N. The van der Waals surface area contributed by atoms with Crippen molar-refractivity contribution >= 4 is 5.84 Å². The second-order valence-corrected chi connectivity index (χ2v) is 3.47. The maximum Gasteiger partial charge on any atom is 0.0908 e. The van der Waals surface area contributed by atoms with E-state index in [9.17, 15) is 0 Å². The van der Waals surface area contributed by atoms with E-state index in [4.69, 9.17) is 5.73 Å². The molecule has 0 saturated carbocycles. The highest BCUT2D eigenvalue weighted by molar-refractivity contribution is 5.77. The smallest absolute Gasteiger partial charge is 0.0908 e. The summed E-state index contributed by atoms with van der Waals surface area (Å²) in [5, 5.41) is 0. The quantitative estimate of drug-likeness (QED) is 0.371. The predicted octanol–water partition coefficient (Wildman–Crippen LogP) is 2.72. The third-order valence-electron chi connectivity index (χ3n) is 1.90. The summed E-state index contributed by atoms with van der Waals surface area (Å²) in [6.07, 6.45) is 6.44. The van der Waals surface area contributed by atoms with Crippen molar-refractivity contribution < 1.29 is 0 Å². The number of amidine groups is 1. The molecule has 0 amide bonds. The first kappa shape index (κ1) is 11.5. The zero-order chi connectivity index (χ0) is 9.40. The van der Waals surface area contributed by atoms with E-state index in [1.54, 1.807) is 0 Å². The van der Waals surface area contributed by atoms with Gasteiger partial charge in [0, 0.05) is 6.04 Å². The first-order valence-electron chi connectivity index (χ1n) is 4.96. The summed E-state index contributed by atoms with van der Waals surface area (Å²) in [4.78, 5) is 4.27. The minimum Gasteiger partial charge on any atom is -0.388 e. The third kappa shape index (κ3) is 7.58. The Balaban J connectivity index is 3.32. The molecule has 72 valence electrons. The highest BCUT2D eigenvalue weighted by Gasteiger charge is 1.97. The molecule has 0 aliphatic heterocycles. The summed E-state index contributed by atoms with van der Waals surface area (Å²) in [5.41, 5.74) is 5.47. The number of unbranched alkanes of at least 4 members (excludes halogenated alkanes) is 3. The molecule has 1 atom stereocenters. The van der Waals surface area contributed by atoms with E-state index in [0.717, 1.165) is 0 Å². The highest BCUT2D eigenvalue weighted by Crippen LogP contribution is 2.07. The topological polar surface area (TPSA) is 38.4 Å². The van der Waals surface area contributed by atoms with Gasteiger partial charge in [0.25, 0.3) is 0 Å². The van der Waals surface area contributed by atoms with Gasteiger partial charge in [0.05, 0.1) is 5.84 Å². The fraction of sp³-hybridized carbons (Fsp3) is 0.900. The molecular weight excluding hydrogens is 148 g/mol. The Morgan fingerprint density at radius 1 is 1.33 bits per heavy atom. The van der Waals surface area contributed by atoms with Gasteiger partial charge in [-0.2, -0.15) is 0 Å². The van der Waals surface area contributed by atoms with Crippen molar-refractivity contribution in [3.05, 3.63) is 0 Å². The first-order valence-corrected chi connectivity index (χ1v) is 4.96. The summed E-state index contributed by atoms with van der Waals surface area (Å²) in [7, 11) is 0. The largest absolute Gasteiger partial charge is 0.388 e. The van der Waals surface area contributed by atoms with Crippen LogP contribution in [0.25, 0.3) is 0 Å². The van der Waals surface area contributed by atoms with Gasteiger partial charge in [-0.25, -0.2) is 0 Å². The van der Waals surface area contributed by atoms with Crippen molar-refractivity contribution in [3.8, 4) is 0 Å². The van der Waals surface area contributed by atoms with Gasteiger partial charge in [0.1, 0.15) is 0 Å². The number of aliphatic imine (C=N–C) groups is 1. The highest BCUT2D eigenvalue weighted by atomic mass is 14.9. The van der Waals surface area contributed by atoms with Gasteiger partial charge < -0.3 is 5.73 Å². The molecular formula is C10H22N2. The molecule has 0 aromatic rings. The zero-order valence-corrected chi connectivity index (χ0v) is 8.64. The lowest BCUT2D eigenvalue weighted by Crippen LogP contribution is -2.10. The number of nitrogens with two attached hydrogens (primary N) is 1. The molecule has 12 heavy (non-hydrogen) atoms. The summed E-state index contributed by atoms with van der Waals surface area (Å²) >= 11 is 0. The van der Waals surface area contributed by atoms with Crippen molar-refractivity contribution in [2.75, 3.05) is 0 Å². The number of hydrogen-bond donors (Lipinski definition) is 1. The van der Waals surface area contributed by atoms with E-state index in [2.05, 4.69) is 18.8 Å². The van der Waals surface area contributed by atoms with Gasteiger partial charge in [0.15, 0.2) is 0 Å². The lowest BCUT2D eigenvalue weighted by Gasteiger charge is -2.05. The van der Waals surface area contributed by atoms with E-state index in [1.807, 2.05) is 6.92 Å². The molecule has 0 saturated heterocycles. The van der Waals surface area contributed by atoms with E-state index >= 15 is 0 Å². The maximum absolute atomic E-state index is 5.47. The molecule has 0 aromatic carbocycles. The molecule has 2 heteroatoms. The monoisotopic (exact) mass is 170 g/mol. The van der Waals surface area contributed by atoms with Crippen LogP contribution in [0, 0.1) is 0 Å². The van der Waals surface area contributed by atoms with Gasteiger partial charge in [-0.1, -0.05) is 32.6 Å². The fourth-order valence-corrected chi connectivity index (χ4v) is 1.28. The molecule has 0 fully saturated rings. The van der Waals surface area contributed by atoms with Crippen LogP contribution >= 0.6 is 0 Å². The summed E-state index contributed by atoms with van der Waals surface area (Å²) in [6.45, 7) is 6.20. The molecule has 0 spiro atoms. The van der Waals surface area contributed by atoms with Gasteiger partial charge in [0.2, 0.25) is 0 Å². The Bertz CT molecular complexity index is 126. The van der Waals surface area contributed by atoms with Gasteiger partial charge in [-0.3, -0.25) is 4.99 Å². The Kier molecular flexibility index (Phi) is 6.82. The normalized spacial score (nSPS) is 14.8. The Labute approximate surface area is 76.3 Å². The van der Waals surface area contributed by atoms with E-state index < -0.39 is 0 Å². The predicted molar refractivity (Wildman–Crippen MR) is 55.5 cm³/mol. The minimum absolute atomic E-state index is 0.409. The van der Waals surface area contributed by atoms with Crippen molar-refractivity contribution in [1.29, 1.82) is 0 Å². The van der Waals surface area contributed by atoms with Crippen LogP contribution in [0.3, 0.4) is 0 Å². The van der Waals surface area contributed by atoms with Crippen LogP contribution in [0.4, 0.5) is 0 Å². The maximum atomic E-state index is 5.47. The van der Waals surface area contributed by atoms with Crippen LogP contribution in [0.15, 0.2) is 4.99 Å². The second kappa shape index (κ2) is 7.14. The van der Waals surface area contributed by atoms with Crippen LogP contribution in [-0.2, 0) is 0 Å². The van der Waals surface area contributed by atoms with Crippen LogP contribution in [0.1, 0.15) is 52.9 Å². The van der Waals surface area contributed by atoms with Gasteiger partial charge in [-0.15, -0.1) is 0 Å². The lowest BCUT2D eigenvalue weighted by atomic mass is 10.1. The van der Waals surface area contributed by atoms with Crippen molar-refractivity contribution in [3.63, 3.8) is 0 Å². The Hall–Kier alpha value is -0.530. The van der Waals surface area contributed by atoms with Crippen LogP contribution < -0.4 is 5.73 Å². The van der Waals surface area contributed by atoms with Crippen LogP contribution in [0.2, 0.25) is 0 Å². The molecule has 0 aromatic heterocycles. The Morgan fingerprint density at radius 2 is 2.00 bits per heavy atom. The second-order valence-electron chi connectivity index (χ2n) is 3.47. The van der Waals surface area contributed by atoms with E-state index in [-0.39, 0.29) is 0 Å². The molecule has 0 heterocycles.